The Hall–Kier alpha value is -2.62. The number of amides is 1. The van der Waals surface area contributed by atoms with Crippen LogP contribution in [-0.2, 0) is 10.3 Å². The minimum atomic E-state index is -0.967. The number of aliphatic imine (C=N–C) groups is 1. The lowest BCUT2D eigenvalue weighted by molar-refractivity contribution is -0.126. The first-order valence-corrected chi connectivity index (χ1v) is 9.39. The van der Waals surface area contributed by atoms with Crippen molar-refractivity contribution in [2.45, 2.75) is 58.2 Å². The second-order valence-electron chi connectivity index (χ2n) is 9.01. The van der Waals surface area contributed by atoms with Crippen LogP contribution in [0, 0.1) is 0 Å². The van der Waals surface area contributed by atoms with E-state index in [4.69, 9.17) is 4.99 Å². The molecule has 1 fully saturated rings. The van der Waals surface area contributed by atoms with Crippen molar-refractivity contribution in [1.82, 2.24) is 10.2 Å². The van der Waals surface area contributed by atoms with Crippen molar-refractivity contribution in [3.05, 3.63) is 71.8 Å². The Morgan fingerprint density at radius 2 is 1.26 bits per heavy atom. The van der Waals surface area contributed by atoms with Crippen molar-refractivity contribution < 1.29 is 4.79 Å². The van der Waals surface area contributed by atoms with Crippen LogP contribution in [0.2, 0.25) is 0 Å². The van der Waals surface area contributed by atoms with Gasteiger partial charge in [-0.2, -0.15) is 0 Å². The Labute approximate surface area is 162 Å². The zero-order valence-corrected chi connectivity index (χ0v) is 17.1. The normalized spacial score (nSPS) is 18.7. The molecule has 0 bridgehead atoms. The molecule has 0 aliphatic carbocycles. The summed E-state index contributed by atoms with van der Waals surface area (Å²) >= 11 is 0. The number of rotatable bonds is 2. The van der Waals surface area contributed by atoms with Gasteiger partial charge in [-0.25, -0.2) is 4.99 Å². The minimum absolute atomic E-state index is 0.0715. The van der Waals surface area contributed by atoms with Crippen molar-refractivity contribution in [3.63, 3.8) is 0 Å². The first-order chi connectivity index (χ1) is 12.6. The van der Waals surface area contributed by atoms with E-state index in [0.717, 1.165) is 11.1 Å². The number of hydrogen-bond donors (Lipinski definition) is 1. The minimum Gasteiger partial charge on any atom is -0.315 e. The third-order valence-corrected chi connectivity index (χ3v) is 4.60. The molecule has 3 rings (SSSR count). The van der Waals surface area contributed by atoms with Crippen LogP contribution in [0.3, 0.4) is 0 Å². The second kappa shape index (κ2) is 6.52. The van der Waals surface area contributed by atoms with Gasteiger partial charge in [0, 0.05) is 5.54 Å². The lowest BCUT2D eigenvalue weighted by Crippen LogP contribution is -2.56. The SMILES string of the molecule is CC(C)(C)N=C1NC(=O)C(c2ccccc2)(c2ccccc2)N1C(C)(C)C. The fourth-order valence-corrected chi connectivity index (χ4v) is 3.77. The van der Waals surface area contributed by atoms with Gasteiger partial charge in [0.1, 0.15) is 0 Å². The molecule has 1 amide bonds. The number of benzene rings is 2. The Morgan fingerprint density at radius 1 is 0.815 bits per heavy atom. The lowest BCUT2D eigenvalue weighted by Gasteiger charge is -2.45. The van der Waals surface area contributed by atoms with Gasteiger partial charge in [-0.05, 0) is 52.7 Å². The van der Waals surface area contributed by atoms with Crippen molar-refractivity contribution in [2.24, 2.45) is 4.99 Å². The Balaban J connectivity index is 2.37. The summed E-state index contributed by atoms with van der Waals surface area (Å²) in [6.45, 7) is 12.5. The summed E-state index contributed by atoms with van der Waals surface area (Å²) in [5, 5.41) is 3.09. The van der Waals surface area contributed by atoms with Crippen LogP contribution in [0.15, 0.2) is 65.7 Å². The smallest absolute Gasteiger partial charge is 0.262 e. The molecule has 0 atom stereocenters. The van der Waals surface area contributed by atoms with Gasteiger partial charge in [-0.1, -0.05) is 60.7 Å². The maximum Gasteiger partial charge on any atom is 0.262 e. The zero-order valence-electron chi connectivity index (χ0n) is 17.1. The summed E-state index contributed by atoms with van der Waals surface area (Å²) in [4.78, 5) is 20.6. The van der Waals surface area contributed by atoms with E-state index in [0.29, 0.717) is 5.96 Å². The van der Waals surface area contributed by atoms with Crippen molar-refractivity contribution in [1.29, 1.82) is 0 Å². The highest BCUT2D eigenvalue weighted by Crippen LogP contribution is 2.44. The summed E-state index contributed by atoms with van der Waals surface area (Å²) in [7, 11) is 0. The number of hydrogen-bond acceptors (Lipinski definition) is 2. The van der Waals surface area contributed by atoms with E-state index in [2.05, 4.69) is 31.0 Å². The number of carbonyl (C=O) groups excluding carboxylic acids is 1. The molecule has 0 saturated carbocycles. The van der Waals surface area contributed by atoms with Crippen LogP contribution < -0.4 is 5.32 Å². The summed E-state index contributed by atoms with van der Waals surface area (Å²) in [5.41, 5.74) is 0.250. The van der Waals surface area contributed by atoms with Crippen LogP contribution in [0.4, 0.5) is 0 Å². The zero-order chi connectivity index (χ0) is 19.9. The molecule has 1 saturated heterocycles. The average Bonchev–Trinajstić information content (AvgIpc) is 2.87. The average molecular weight is 364 g/mol. The molecule has 1 heterocycles. The van der Waals surface area contributed by atoms with Crippen molar-refractivity contribution in [3.8, 4) is 0 Å². The van der Waals surface area contributed by atoms with Crippen LogP contribution in [0.1, 0.15) is 52.7 Å². The predicted molar refractivity (Wildman–Crippen MR) is 111 cm³/mol. The molecule has 4 heteroatoms. The van der Waals surface area contributed by atoms with E-state index in [1.807, 2.05) is 81.4 Å². The molecular formula is C23H29N3O. The Kier molecular flexibility index (Phi) is 4.62. The molecule has 27 heavy (non-hydrogen) atoms. The molecule has 4 nitrogen and oxygen atoms in total. The quantitative estimate of drug-likeness (QED) is 0.864. The van der Waals surface area contributed by atoms with Crippen molar-refractivity contribution >= 4 is 11.9 Å². The van der Waals surface area contributed by atoms with Gasteiger partial charge in [-0.3, -0.25) is 10.1 Å². The van der Waals surface area contributed by atoms with Crippen molar-refractivity contribution in [2.75, 3.05) is 0 Å². The molecule has 0 unspecified atom stereocenters. The molecule has 1 aliphatic heterocycles. The monoisotopic (exact) mass is 363 g/mol. The highest BCUT2D eigenvalue weighted by Gasteiger charge is 2.57. The first-order valence-electron chi connectivity index (χ1n) is 9.39. The molecule has 2 aromatic rings. The van der Waals surface area contributed by atoms with Crippen LogP contribution in [0.5, 0.6) is 0 Å². The van der Waals surface area contributed by atoms with Gasteiger partial charge in [-0.15, -0.1) is 0 Å². The van der Waals surface area contributed by atoms with Crippen LogP contribution >= 0.6 is 0 Å². The highest BCUT2D eigenvalue weighted by atomic mass is 16.2. The van der Waals surface area contributed by atoms with E-state index in [9.17, 15) is 4.79 Å². The summed E-state index contributed by atoms with van der Waals surface area (Å²) < 4.78 is 0. The third-order valence-electron chi connectivity index (χ3n) is 4.60. The van der Waals surface area contributed by atoms with Gasteiger partial charge in [0.25, 0.3) is 5.91 Å². The molecule has 0 spiro atoms. The second-order valence-corrected chi connectivity index (χ2v) is 9.01. The van der Waals surface area contributed by atoms with Gasteiger partial charge < -0.3 is 4.90 Å². The summed E-state index contributed by atoms with van der Waals surface area (Å²) in [6, 6.07) is 19.9. The number of nitrogens with one attached hydrogen (secondary N) is 1. The fourth-order valence-electron chi connectivity index (χ4n) is 3.77. The maximum atomic E-state index is 13.6. The van der Waals surface area contributed by atoms with E-state index >= 15 is 0 Å². The topological polar surface area (TPSA) is 44.7 Å². The lowest BCUT2D eigenvalue weighted by atomic mass is 9.79. The summed E-state index contributed by atoms with van der Waals surface area (Å²) in [6.07, 6.45) is 0. The molecule has 142 valence electrons. The van der Waals surface area contributed by atoms with Crippen LogP contribution in [0.25, 0.3) is 0 Å². The largest absolute Gasteiger partial charge is 0.315 e. The Bertz CT molecular complexity index is 803. The maximum absolute atomic E-state index is 13.6. The van der Waals surface area contributed by atoms with E-state index in [-0.39, 0.29) is 17.0 Å². The predicted octanol–water partition coefficient (Wildman–Crippen LogP) is 4.32. The first kappa shape index (κ1) is 19.2. The van der Waals surface area contributed by atoms with Gasteiger partial charge in [0.05, 0.1) is 5.54 Å². The van der Waals surface area contributed by atoms with Gasteiger partial charge in [0.15, 0.2) is 5.54 Å². The molecule has 0 radical (unpaired) electrons. The molecule has 2 aromatic carbocycles. The van der Waals surface area contributed by atoms with E-state index < -0.39 is 5.54 Å². The number of carbonyl (C=O) groups is 1. The van der Waals surface area contributed by atoms with Gasteiger partial charge in [0.2, 0.25) is 5.96 Å². The third kappa shape index (κ3) is 3.36. The number of nitrogens with zero attached hydrogens (tertiary/aromatic N) is 2. The van der Waals surface area contributed by atoms with Gasteiger partial charge >= 0.3 is 0 Å². The molecule has 1 N–H and O–H groups in total. The Morgan fingerprint density at radius 3 is 1.63 bits per heavy atom. The van der Waals surface area contributed by atoms with E-state index in [1.165, 1.54) is 0 Å². The standard InChI is InChI=1S/C23H29N3O/c1-21(2,3)25-20-24-19(27)23(26(20)22(4,5)6,17-13-9-7-10-14-17)18-15-11-8-12-16-18/h7-16H,1-6H3,(H,24,25,27). The molecular weight excluding hydrogens is 334 g/mol. The summed E-state index contributed by atoms with van der Waals surface area (Å²) in [5.74, 6) is 0.547. The molecule has 0 aromatic heterocycles. The highest BCUT2D eigenvalue weighted by molar-refractivity contribution is 6.11. The molecule has 1 aliphatic rings. The van der Waals surface area contributed by atoms with E-state index in [1.54, 1.807) is 0 Å². The fraction of sp³-hybridized carbons (Fsp3) is 0.391. The van der Waals surface area contributed by atoms with Crippen LogP contribution in [-0.4, -0.2) is 27.8 Å². The number of guanidine groups is 1.